The number of aryl methyl sites for hydroxylation is 1. The van der Waals surface area contributed by atoms with Crippen LogP contribution in [0.3, 0.4) is 0 Å². The second-order valence-electron chi connectivity index (χ2n) is 2.87. The fourth-order valence-electron chi connectivity index (χ4n) is 0.959. The number of aromatic nitrogens is 1. The molecule has 0 aliphatic rings. The first-order valence-corrected chi connectivity index (χ1v) is 6.41. The van der Waals surface area contributed by atoms with Crippen molar-refractivity contribution in [3.05, 3.63) is 20.7 Å². The molecule has 0 fully saturated rings. The second kappa shape index (κ2) is 5.77. The quantitative estimate of drug-likeness (QED) is 0.801. The number of halogens is 2. The monoisotopic (exact) mass is 351 g/mol. The number of nitrogens with one attached hydrogen (secondary N) is 2. The Bertz CT molecular complexity index is 382. The van der Waals surface area contributed by atoms with Crippen LogP contribution in [0.5, 0.6) is 0 Å². The SMILES string of the molecule is CCNC(=S)Nc1nc(C)c(Br)cc1Br. The van der Waals surface area contributed by atoms with Gasteiger partial charge in [-0.1, -0.05) is 0 Å². The van der Waals surface area contributed by atoms with E-state index in [1.165, 1.54) is 0 Å². The largest absolute Gasteiger partial charge is 0.363 e. The van der Waals surface area contributed by atoms with E-state index in [0.29, 0.717) is 5.11 Å². The summed E-state index contributed by atoms with van der Waals surface area (Å²) in [7, 11) is 0. The lowest BCUT2D eigenvalue weighted by atomic mass is 10.4. The summed E-state index contributed by atoms with van der Waals surface area (Å²) in [6, 6.07) is 1.94. The van der Waals surface area contributed by atoms with E-state index in [9.17, 15) is 0 Å². The van der Waals surface area contributed by atoms with Crippen molar-refractivity contribution in [3.63, 3.8) is 0 Å². The number of rotatable bonds is 2. The van der Waals surface area contributed by atoms with Crippen molar-refractivity contribution in [1.82, 2.24) is 10.3 Å². The third-order valence-corrected chi connectivity index (χ3v) is 3.33. The first-order valence-electron chi connectivity index (χ1n) is 4.42. The molecule has 0 radical (unpaired) electrons. The van der Waals surface area contributed by atoms with Crippen LogP contribution in [0.4, 0.5) is 5.82 Å². The van der Waals surface area contributed by atoms with E-state index in [4.69, 9.17) is 12.2 Å². The Kier molecular flexibility index (Phi) is 4.95. The lowest BCUT2D eigenvalue weighted by Crippen LogP contribution is -2.28. The van der Waals surface area contributed by atoms with Crippen molar-refractivity contribution in [2.24, 2.45) is 0 Å². The van der Waals surface area contributed by atoms with Crippen molar-refractivity contribution in [3.8, 4) is 0 Å². The lowest BCUT2D eigenvalue weighted by molar-refractivity contribution is 0.977. The number of pyridine rings is 1. The van der Waals surface area contributed by atoms with Gasteiger partial charge in [0.25, 0.3) is 0 Å². The molecule has 1 heterocycles. The molecule has 0 bridgehead atoms. The molecule has 15 heavy (non-hydrogen) atoms. The minimum Gasteiger partial charge on any atom is -0.363 e. The molecule has 1 aromatic heterocycles. The van der Waals surface area contributed by atoms with Gasteiger partial charge in [0.1, 0.15) is 5.82 Å². The smallest absolute Gasteiger partial charge is 0.171 e. The maximum Gasteiger partial charge on any atom is 0.171 e. The molecule has 0 saturated heterocycles. The lowest BCUT2D eigenvalue weighted by Gasteiger charge is -2.10. The summed E-state index contributed by atoms with van der Waals surface area (Å²) < 4.78 is 1.84. The molecule has 0 aliphatic heterocycles. The molecule has 0 spiro atoms. The molecular formula is C9H11Br2N3S. The highest BCUT2D eigenvalue weighted by molar-refractivity contribution is 9.11. The van der Waals surface area contributed by atoms with Crippen molar-refractivity contribution < 1.29 is 0 Å². The predicted octanol–water partition coefficient (Wildman–Crippen LogP) is 3.22. The van der Waals surface area contributed by atoms with Gasteiger partial charge in [-0.05, 0) is 64.0 Å². The number of nitrogens with zero attached hydrogens (tertiary/aromatic N) is 1. The summed E-state index contributed by atoms with van der Waals surface area (Å²) in [5.41, 5.74) is 0.917. The summed E-state index contributed by atoms with van der Waals surface area (Å²) in [6.07, 6.45) is 0. The second-order valence-corrected chi connectivity index (χ2v) is 4.99. The molecule has 82 valence electrons. The summed E-state index contributed by atoms with van der Waals surface area (Å²) >= 11 is 11.9. The van der Waals surface area contributed by atoms with Gasteiger partial charge in [-0.25, -0.2) is 4.98 Å². The minimum atomic E-state index is 0.576. The highest BCUT2D eigenvalue weighted by atomic mass is 79.9. The summed E-state index contributed by atoms with van der Waals surface area (Å²) in [4.78, 5) is 4.36. The molecule has 0 unspecified atom stereocenters. The van der Waals surface area contributed by atoms with Crippen LogP contribution < -0.4 is 10.6 Å². The summed E-state index contributed by atoms with van der Waals surface area (Å²) in [6.45, 7) is 4.71. The standard InChI is InChI=1S/C9H11Br2N3S/c1-3-12-9(15)14-8-7(11)4-6(10)5(2)13-8/h4H,3H2,1-2H3,(H2,12,13,14,15). The van der Waals surface area contributed by atoms with E-state index in [2.05, 4.69) is 47.5 Å². The van der Waals surface area contributed by atoms with Crippen LogP contribution in [0.2, 0.25) is 0 Å². The predicted molar refractivity (Wildman–Crippen MR) is 74.3 cm³/mol. The van der Waals surface area contributed by atoms with Gasteiger partial charge < -0.3 is 10.6 Å². The first-order chi connectivity index (χ1) is 7.04. The Hall–Kier alpha value is -0.200. The maximum absolute atomic E-state index is 5.08. The first kappa shape index (κ1) is 12.9. The number of anilines is 1. The molecule has 0 aliphatic carbocycles. The van der Waals surface area contributed by atoms with Gasteiger partial charge in [0.15, 0.2) is 5.11 Å². The molecule has 3 nitrogen and oxygen atoms in total. The van der Waals surface area contributed by atoms with E-state index < -0.39 is 0 Å². The zero-order valence-electron chi connectivity index (χ0n) is 8.40. The summed E-state index contributed by atoms with van der Waals surface area (Å²) in [5, 5.41) is 6.60. The van der Waals surface area contributed by atoms with E-state index in [1.54, 1.807) is 0 Å². The Labute approximate surface area is 111 Å². The van der Waals surface area contributed by atoms with Crippen LogP contribution in [-0.4, -0.2) is 16.6 Å². The van der Waals surface area contributed by atoms with E-state index in [1.807, 2.05) is 19.9 Å². The minimum absolute atomic E-state index is 0.576. The molecule has 0 saturated carbocycles. The Balaban J connectivity index is 2.86. The van der Waals surface area contributed by atoms with Crippen molar-refractivity contribution >= 4 is 55.0 Å². The topological polar surface area (TPSA) is 37.0 Å². The van der Waals surface area contributed by atoms with Crippen LogP contribution in [0.1, 0.15) is 12.6 Å². The molecule has 6 heteroatoms. The van der Waals surface area contributed by atoms with Gasteiger partial charge >= 0.3 is 0 Å². The zero-order valence-corrected chi connectivity index (χ0v) is 12.4. The van der Waals surface area contributed by atoms with Gasteiger partial charge in [0.05, 0.1) is 10.2 Å². The fraction of sp³-hybridized carbons (Fsp3) is 0.333. The molecule has 2 N–H and O–H groups in total. The zero-order chi connectivity index (χ0) is 11.4. The van der Waals surface area contributed by atoms with Crippen molar-refractivity contribution in [1.29, 1.82) is 0 Å². The van der Waals surface area contributed by atoms with Crippen LogP contribution >= 0.6 is 44.1 Å². The Morgan fingerprint density at radius 3 is 2.73 bits per heavy atom. The molecular weight excluding hydrogens is 342 g/mol. The molecule has 0 aromatic carbocycles. The average molecular weight is 353 g/mol. The van der Waals surface area contributed by atoms with Crippen LogP contribution in [0, 0.1) is 6.92 Å². The van der Waals surface area contributed by atoms with Gasteiger partial charge in [0, 0.05) is 11.0 Å². The van der Waals surface area contributed by atoms with Crippen LogP contribution in [0.15, 0.2) is 15.0 Å². The van der Waals surface area contributed by atoms with Crippen molar-refractivity contribution in [2.75, 3.05) is 11.9 Å². The van der Waals surface area contributed by atoms with Gasteiger partial charge in [-0.3, -0.25) is 0 Å². The van der Waals surface area contributed by atoms with E-state index >= 15 is 0 Å². The third-order valence-electron chi connectivity index (χ3n) is 1.67. The Morgan fingerprint density at radius 2 is 2.13 bits per heavy atom. The number of thiocarbonyl (C=S) groups is 1. The Morgan fingerprint density at radius 1 is 1.47 bits per heavy atom. The summed E-state index contributed by atoms with van der Waals surface area (Å²) in [5.74, 6) is 0.724. The number of hydrogen-bond donors (Lipinski definition) is 2. The van der Waals surface area contributed by atoms with Gasteiger partial charge in [0.2, 0.25) is 0 Å². The van der Waals surface area contributed by atoms with Crippen LogP contribution in [-0.2, 0) is 0 Å². The normalized spacial score (nSPS) is 9.87. The molecule has 1 rings (SSSR count). The fourth-order valence-corrected chi connectivity index (χ4v) is 2.24. The number of hydrogen-bond acceptors (Lipinski definition) is 2. The van der Waals surface area contributed by atoms with Gasteiger partial charge in [-0.15, -0.1) is 0 Å². The highest BCUT2D eigenvalue weighted by Crippen LogP contribution is 2.26. The van der Waals surface area contributed by atoms with Gasteiger partial charge in [-0.2, -0.15) is 0 Å². The van der Waals surface area contributed by atoms with Crippen molar-refractivity contribution in [2.45, 2.75) is 13.8 Å². The van der Waals surface area contributed by atoms with E-state index in [0.717, 1.165) is 27.0 Å². The maximum atomic E-state index is 5.08. The molecule has 0 amide bonds. The highest BCUT2D eigenvalue weighted by Gasteiger charge is 2.06. The molecule has 1 aromatic rings. The molecule has 0 atom stereocenters. The third kappa shape index (κ3) is 3.70. The van der Waals surface area contributed by atoms with E-state index in [-0.39, 0.29) is 0 Å². The van der Waals surface area contributed by atoms with Crippen LogP contribution in [0.25, 0.3) is 0 Å². The average Bonchev–Trinajstić information content (AvgIpc) is 2.14.